The summed E-state index contributed by atoms with van der Waals surface area (Å²) in [4.78, 5) is 18.0. The monoisotopic (exact) mass is 365 g/mol. The second kappa shape index (κ2) is 9.06. The summed E-state index contributed by atoms with van der Waals surface area (Å²) < 4.78 is 0. The standard InChI is InChI=1S/C15H23N3OS.2ClH/c16-11-5-3-4-10(11)8-14(19)17-9-15-18-12-6-1-2-7-13(12)20-15;;/h10-11H,1-9,16H2,(H,17,19);2*1H/t10-,11+;;/m0../s1. The zero-order chi connectivity index (χ0) is 13.9. The van der Waals surface area contributed by atoms with Crippen molar-refractivity contribution in [1.82, 2.24) is 10.3 Å². The number of carbonyl (C=O) groups is 1. The first kappa shape index (κ1) is 19.7. The van der Waals surface area contributed by atoms with Crippen molar-refractivity contribution in [2.75, 3.05) is 0 Å². The van der Waals surface area contributed by atoms with E-state index in [1.165, 1.54) is 23.4 Å². The van der Waals surface area contributed by atoms with Gasteiger partial charge in [0.2, 0.25) is 5.91 Å². The van der Waals surface area contributed by atoms with E-state index in [9.17, 15) is 4.79 Å². The van der Waals surface area contributed by atoms with Crippen LogP contribution in [0.15, 0.2) is 0 Å². The summed E-state index contributed by atoms with van der Waals surface area (Å²) in [7, 11) is 0. The largest absolute Gasteiger partial charge is 0.350 e. The summed E-state index contributed by atoms with van der Waals surface area (Å²) in [6, 6.07) is 0.216. The summed E-state index contributed by atoms with van der Waals surface area (Å²) in [5.74, 6) is 0.500. The number of hydrogen-bond acceptors (Lipinski definition) is 4. The molecule has 0 spiro atoms. The number of carbonyl (C=O) groups excluding carboxylic acids is 1. The molecule has 2 aliphatic carbocycles. The van der Waals surface area contributed by atoms with E-state index in [-0.39, 0.29) is 36.8 Å². The van der Waals surface area contributed by atoms with Crippen molar-refractivity contribution in [3.63, 3.8) is 0 Å². The Labute approximate surface area is 148 Å². The van der Waals surface area contributed by atoms with Crippen molar-refractivity contribution >= 4 is 42.1 Å². The lowest BCUT2D eigenvalue weighted by Gasteiger charge is -2.14. The lowest BCUT2D eigenvalue weighted by Crippen LogP contribution is -2.31. The maximum atomic E-state index is 12.0. The molecule has 0 radical (unpaired) electrons. The Morgan fingerprint density at radius 1 is 1.23 bits per heavy atom. The van der Waals surface area contributed by atoms with E-state index < -0.39 is 0 Å². The third-order valence-electron chi connectivity index (χ3n) is 4.49. The Hall–Kier alpha value is -0.360. The van der Waals surface area contributed by atoms with E-state index in [0.717, 1.165) is 37.1 Å². The molecule has 2 aliphatic rings. The van der Waals surface area contributed by atoms with Crippen LogP contribution in [0.25, 0.3) is 0 Å². The number of fused-ring (bicyclic) bond motifs is 1. The quantitative estimate of drug-likeness (QED) is 0.861. The van der Waals surface area contributed by atoms with Crippen molar-refractivity contribution in [3.05, 3.63) is 15.6 Å². The molecule has 1 aromatic rings. The average molecular weight is 366 g/mol. The molecule has 0 unspecified atom stereocenters. The number of thiazole rings is 1. The fourth-order valence-corrected chi connectivity index (χ4v) is 4.38. The van der Waals surface area contributed by atoms with Crippen LogP contribution in [0.4, 0.5) is 0 Å². The third-order valence-corrected chi connectivity index (χ3v) is 5.65. The number of aryl methyl sites for hydroxylation is 2. The Balaban J connectivity index is 0.00000121. The van der Waals surface area contributed by atoms with Gasteiger partial charge in [0, 0.05) is 17.3 Å². The number of aromatic nitrogens is 1. The molecule has 4 nitrogen and oxygen atoms in total. The number of hydrogen-bond donors (Lipinski definition) is 2. The van der Waals surface area contributed by atoms with Crippen molar-refractivity contribution in [2.45, 2.75) is 64.0 Å². The maximum absolute atomic E-state index is 12.0. The van der Waals surface area contributed by atoms with Gasteiger partial charge in [0.25, 0.3) is 0 Å². The third kappa shape index (κ3) is 4.82. The average Bonchev–Trinajstić information content (AvgIpc) is 3.03. The molecule has 0 bridgehead atoms. The van der Waals surface area contributed by atoms with Gasteiger partial charge in [0.1, 0.15) is 5.01 Å². The molecule has 1 fully saturated rings. The number of rotatable bonds is 4. The Morgan fingerprint density at radius 3 is 2.68 bits per heavy atom. The second-order valence-corrected chi connectivity index (χ2v) is 7.19. The predicted octanol–water partition coefficient (Wildman–Crippen LogP) is 3.00. The van der Waals surface area contributed by atoms with Crippen LogP contribution in [-0.2, 0) is 24.2 Å². The minimum Gasteiger partial charge on any atom is -0.350 e. The van der Waals surface area contributed by atoms with Crippen LogP contribution in [0.5, 0.6) is 0 Å². The molecule has 1 aromatic heterocycles. The van der Waals surface area contributed by atoms with Crippen LogP contribution < -0.4 is 11.1 Å². The molecule has 2 atom stereocenters. The molecular weight excluding hydrogens is 341 g/mol. The topological polar surface area (TPSA) is 68.0 Å². The minimum atomic E-state index is 0. The van der Waals surface area contributed by atoms with Gasteiger partial charge in [-0.1, -0.05) is 6.42 Å². The lowest BCUT2D eigenvalue weighted by atomic mass is 10.00. The Bertz CT molecular complexity index is 472. The molecule has 1 saturated carbocycles. The van der Waals surface area contributed by atoms with Crippen LogP contribution in [-0.4, -0.2) is 16.9 Å². The smallest absolute Gasteiger partial charge is 0.220 e. The van der Waals surface area contributed by atoms with Gasteiger partial charge in [0.05, 0.1) is 12.2 Å². The molecule has 22 heavy (non-hydrogen) atoms. The highest BCUT2D eigenvalue weighted by Crippen LogP contribution is 2.28. The molecule has 0 aromatic carbocycles. The van der Waals surface area contributed by atoms with E-state index in [0.29, 0.717) is 18.9 Å². The van der Waals surface area contributed by atoms with Crippen molar-refractivity contribution in [2.24, 2.45) is 11.7 Å². The zero-order valence-electron chi connectivity index (χ0n) is 12.7. The SMILES string of the molecule is Cl.Cl.N[C@@H]1CCC[C@H]1CC(=O)NCc1nc2c(s1)CCCC2. The molecule has 0 saturated heterocycles. The van der Waals surface area contributed by atoms with Gasteiger partial charge >= 0.3 is 0 Å². The highest BCUT2D eigenvalue weighted by Gasteiger charge is 2.26. The fourth-order valence-electron chi connectivity index (χ4n) is 3.28. The summed E-state index contributed by atoms with van der Waals surface area (Å²) >= 11 is 1.77. The zero-order valence-corrected chi connectivity index (χ0v) is 15.1. The Kier molecular flexibility index (Phi) is 8.11. The molecule has 3 N–H and O–H groups in total. The minimum absolute atomic E-state index is 0. The van der Waals surface area contributed by atoms with Crippen LogP contribution in [0, 0.1) is 5.92 Å². The highest BCUT2D eigenvalue weighted by atomic mass is 35.5. The highest BCUT2D eigenvalue weighted by molar-refractivity contribution is 7.11. The maximum Gasteiger partial charge on any atom is 0.220 e. The number of nitrogens with two attached hydrogens (primary N) is 1. The van der Waals surface area contributed by atoms with Gasteiger partial charge in [0.15, 0.2) is 0 Å². The van der Waals surface area contributed by atoms with Crippen molar-refractivity contribution < 1.29 is 4.79 Å². The van der Waals surface area contributed by atoms with E-state index >= 15 is 0 Å². The summed E-state index contributed by atoms with van der Waals surface area (Å²) in [6.45, 7) is 0.582. The van der Waals surface area contributed by atoms with Crippen molar-refractivity contribution in [1.29, 1.82) is 0 Å². The first-order valence-electron chi connectivity index (χ1n) is 7.72. The molecule has 3 rings (SSSR count). The van der Waals surface area contributed by atoms with Gasteiger partial charge < -0.3 is 11.1 Å². The predicted molar refractivity (Wildman–Crippen MR) is 95.0 cm³/mol. The van der Waals surface area contributed by atoms with E-state index in [1.807, 2.05) is 0 Å². The molecule has 1 heterocycles. The van der Waals surface area contributed by atoms with Gasteiger partial charge in [-0.05, 0) is 44.4 Å². The van der Waals surface area contributed by atoms with E-state index in [1.54, 1.807) is 11.3 Å². The molecule has 7 heteroatoms. The summed E-state index contributed by atoms with van der Waals surface area (Å²) in [5, 5.41) is 4.07. The van der Waals surface area contributed by atoms with Gasteiger partial charge in [-0.2, -0.15) is 0 Å². The summed E-state index contributed by atoms with van der Waals surface area (Å²) in [6.07, 6.45) is 8.71. The van der Waals surface area contributed by atoms with Gasteiger partial charge in [-0.15, -0.1) is 36.2 Å². The molecule has 1 amide bonds. The normalized spacial score (nSPS) is 23.1. The summed E-state index contributed by atoms with van der Waals surface area (Å²) in [5.41, 5.74) is 7.28. The number of nitrogens with one attached hydrogen (secondary N) is 1. The molecule has 126 valence electrons. The van der Waals surface area contributed by atoms with Crippen molar-refractivity contribution in [3.8, 4) is 0 Å². The van der Waals surface area contributed by atoms with Gasteiger partial charge in [-0.25, -0.2) is 4.98 Å². The number of halogens is 2. The fraction of sp³-hybridized carbons (Fsp3) is 0.733. The first-order chi connectivity index (χ1) is 9.72. The molecular formula is C15H25Cl2N3OS. The number of amides is 1. The van der Waals surface area contributed by atoms with E-state index in [4.69, 9.17) is 5.73 Å². The second-order valence-electron chi connectivity index (χ2n) is 6.02. The number of nitrogens with zero attached hydrogens (tertiary/aromatic N) is 1. The van der Waals surface area contributed by atoms with Gasteiger partial charge in [-0.3, -0.25) is 4.79 Å². The van der Waals surface area contributed by atoms with Crippen LogP contribution in [0.2, 0.25) is 0 Å². The van der Waals surface area contributed by atoms with Crippen LogP contribution in [0.3, 0.4) is 0 Å². The van der Waals surface area contributed by atoms with Crippen LogP contribution >= 0.6 is 36.2 Å². The van der Waals surface area contributed by atoms with Crippen LogP contribution in [0.1, 0.15) is 54.1 Å². The van der Waals surface area contributed by atoms with E-state index in [2.05, 4.69) is 10.3 Å². The Morgan fingerprint density at radius 2 is 2.00 bits per heavy atom. The lowest BCUT2D eigenvalue weighted by molar-refractivity contribution is -0.122. The molecule has 0 aliphatic heterocycles. The first-order valence-corrected chi connectivity index (χ1v) is 8.54.